The van der Waals surface area contributed by atoms with Crippen molar-refractivity contribution in [3.05, 3.63) is 58.3 Å². The van der Waals surface area contributed by atoms with Crippen LogP contribution >= 0.6 is 11.3 Å². The van der Waals surface area contributed by atoms with Crippen molar-refractivity contribution in [3.63, 3.8) is 0 Å². The van der Waals surface area contributed by atoms with Crippen molar-refractivity contribution in [1.82, 2.24) is 4.90 Å². The highest BCUT2D eigenvalue weighted by molar-refractivity contribution is 7.10. The standard InChI is InChI=1S/C15H17NO2S/c17-9-8-16(12-13-5-2-1-3-6-13)15(18)11-14-7-4-10-19-14/h1-7,10,17H,8-9,11-12H2. The predicted molar refractivity (Wildman–Crippen MR) is 77.0 cm³/mol. The van der Waals surface area contributed by atoms with Crippen LogP contribution in [-0.4, -0.2) is 29.1 Å². The molecule has 0 unspecified atom stereocenters. The number of hydrogen-bond acceptors (Lipinski definition) is 3. The Hall–Kier alpha value is -1.65. The van der Waals surface area contributed by atoms with Gasteiger partial charge >= 0.3 is 0 Å². The number of carbonyl (C=O) groups excluding carboxylic acids is 1. The molecule has 0 atom stereocenters. The Morgan fingerprint density at radius 2 is 1.95 bits per heavy atom. The van der Waals surface area contributed by atoms with Gasteiger partial charge in [-0.25, -0.2) is 0 Å². The average Bonchev–Trinajstić information content (AvgIpc) is 2.92. The number of aliphatic hydroxyl groups excluding tert-OH is 1. The maximum absolute atomic E-state index is 12.2. The van der Waals surface area contributed by atoms with E-state index >= 15 is 0 Å². The molecule has 2 rings (SSSR count). The molecule has 0 spiro atoms. The van der Waals surface area contributed by atoms with Crippen LogP contribution in [0.25, 0.3) is 0 Å². The van der Waals surface area contributed by atoms with Crippen molar-refractivity contribution < 1.29 is 9.90 Å². The molecule has 3 nitrogen and oxygen atoms in total. The van der Waals surface area contributed by atoms with Crippen molar-refractivity contribution in [2.75, 3.05) is 13.2 Å². The summed E-state index contributed by atoms with van der Waals surface area (Å²) in [5.41, 5.74) is 1.08. The highest BCUT2D eigenvalue weighted by Gasteiger charge is 2.14. The lowest BCUT2D eigenvalue weighted by Crippen LogP contribution is -2.34. The summed E-state index contributed by atoms with van der Waals surface area (Å²) in [5.74, 6) is 0.0559. The Morgan fingerprint density at radius 3 is 2.58 bits per heavy atom. The van der Waals surface area contributed by atoms with E-state index in [4.69, 9.17) is 5.11 Å². The summed E-state index contributed by atoms with van der Waals surface area (Å²) in [4.78, 5) is 15.0. The molecule has 0 radical (unpaired) electrons. The molecule has 0 aliphatic rings. The van der Waals surface area contributed by atoms with E-state index in [9.17, 15) is 4.79 Å². The smallest absolute Gasteiger partial charge is 0.228 e. The van der Waals surface area contributed by atoms with Crippen molar-refractivity contribution in [2.45, 2.75) is 13.0 Å². The van der Waals surface area contributed by atoms with Crippen LogP contribution in [0.2, 0.25) is 0 Å². The molecule has 1 aromatic heterocycles. The summed E-state index contributed by atoms with van der Waals surface area (Å²) in [6, 6.07) is 13.7. The SMILES string of the molecule is O=C(Cc1cccs1)N(CCO)Cc1ccccc1. The molecule has 0 aliphatic carbocycles. The molecular formula is C15H17NO2S. The van der Waals surface area contributed by atoms with E-state index in [2.05, 4.69) is 0 Å². The molecule has 1 amide bonds. The number of nitrogens with zero attached hydrogens (tertiary/aromatic N) is 1. The van der Waals surface area contributed by atoms with Gasteiger partial charge in [-0.15, -0.1) is 11.3 Å². The van der Waals surface area contributed by atoms with E-state index in [1.54, 1.807) is 16.2 Å². The zero-order valence-corrected chi connectivity index (χ0v) is 11.5. The quantitative estimate of drug-likeness (QED) is 0.879. The van der Waals surface area contributed by atoms with Gasteiger partial charge in [-0.3, -0.25) is 4.79 Å². The van der Waals surface area contributed by atoms with Crippen molar-refractivity contribution in [2.24, 2.45) is 0 Å². The van der Waals surface area contributed by atoms with Crippen molar-refractivity contribution in [3.8, 4) is 0 Å². The highest BCUT2D eigenvalue weighted by Crippen LogP contribution is 2.12. The third-order valence-corrected chi connectivity index (χ3v) is 3.72. The van der Waals surface area contributed by atoms with E-state index in [0.29, 0.717) is 19.5 Å². The highest BCUT2D eigenvalue weighted by atomic mass is 32.1. The minimum Gasteiger partial charge on any atom is -0.395 e. The van der Waals surface area contributed by atoms with Gasteiger partial charge in [0.15, 0.2) is 0 Å². The number of aliphatic hydroxyl groups is 1. The van der Waals surface area contributed by atoms with Gasteiger partial charge in [0.05, 0.1) is 13.0 Å². The number of thiophene rings is 1. The lowest BCUT2D eigenvalue weighted by molar-refractivity contribution is -0.131. The summed E-state index contributed by atoms with van der Waals surface area (Å²) in [6.07, 6.45) is 0.407. The van der Waals surface area contributed by atoms with Gasteiger partial charge in [-0.05, 0) is 17.0 Å². The van der Waals surface area contributed by atoms with Crippen LogP contribution in [0, 0.1) is 0 Å². The van der Waals surface area contributed by atoms with E-state index in [0.717, 1.165) is 10.4 Å². The van der Waals surface area contributed by atoms with Gasteiger partial charge in [0, 0.05) is 18.0 Å². The summed E-state index contributed by atoms with van der Waals surface area (Å²) in [7, 11) is 0. The third-order valence-electron chi connectivity index (χ3n) is 2.84. The van der Waals surface area contributed by atoms with Crippen molar-refractivity contribution >= 4 is 17.2 Å². The first-order valence-electron chi connectivity index (χ1n) is 6.24. The van der Waals surface area contributed by atoms with E-state index in [1.807, 2.05) is 47.8 Å². The first-order chi connectivity index (χ1) is 9.29. The predicted octanol–water partition coefficient (Wildman–Crippen LogP) is 2.31. The van der Waals surface area contributed by atoms with Gasteiger partial charge in [0.1, 0.15) is 0 Å². The third kappa shape index (κ3) is 4.19. The minimum atomic E-state index is -0.0109. The number of carbonyl (C=O) groups is 1. The van der Waals surface area contributed by atoms with Crippen LogP contribution in [-0.2, 0) is 17.8 Å². The van der Waals surface area contributed by atoms with Gasteiger partial charge in [-0.1, -0.05) is 36.4 Å². The molecule has 4 heteroatoms. The number of rotatable bonds is 6. The van der Waals surface area contributed by atoms with Crippen LogP contribution in [0.5, 0.6) is 0 Å². The van der Waals surface area contributed by atoms with Crippen LogP contribution in [0.3, 0.4) is 0 Å². The summed E-state index contributed by atoms with van der Waals surface area (Å²) < 4.78 is 0. The fourth-order valence-corrected chi connectivity index (χ4v) is 2.59. The second-order valence-corrected chi connectivity index (χ2v) is 5.31. The van der Waals surface area contributed by atoms with Gasteiger partial charge < -0.3 is 10.0 Å². The van der Waals surface area contributed by atoms with Crippen molar-refractivity contribution in [1.29, 1.82) is 0 Å². The molecule has 1 heterocycles. The minimum absolute atomic E-state index is 0.0109. The molecule has 0 saturated carbocycles. The molecule has 2 aromatic rings. The molecule has 19 heavy (non-hydrogen) atoms. The second kappa shape index (κ2) is 7.07. The summed E-state index contributed by atoms with van der Waals surface area (Å²) in [5, 5.41) is 11.1. The molecule has 1 aromatic carbocycles. The van der Waals surface area contributed by atoms with Crippen LogP contribution in [0.15, 0.2) is 47.8 Å². The van der Waals surface area contributed by atoms with Gasteiger partial charge in [0.25, 0.3) is 0 Å². The molecule has 100 valence electrons. The molecule has 1 N–H and O–H groups in total. The topological polar surface area (TPSA) is 40.5 Å². The van der Waals surface area contributed by atoms with Crippen LogP contribution in [0.4, 0.5) is 0 Å². The van der Waals surface area contributed by atoms with E-state index in [-0.39, 0.29) is 12.5 Å². The molecule has 0 fully saturated rings. The normalized spacial score (nSPS) is 10.4. The van der Waals surface area contributed by atoms with Gasteiger partial charge in [0.2, 0.25) is 5.91 Å². The summed E-state index contributed by atoms with van der Waals surface area (Å²) >= 11 is 1.58. The molecule has 0 saturated heterocycles. The molecule has 0 bridgehead atoms. The first kappa shape index (κ1) is 13.8. The average molecular weight is 275 g/mol. The monoisotopic (exact) mass is 275 g/mol. The molecule has 0 aliphatic heterocycles. The number of amides is 1. The Morgan fingerprint density at radius 1 is 1.16 bits per heavy atom. The Labute approximate surface area is 117 Å². The summed E-state index contributed by atoms with van der Waals surface area (Å²) in [6.45, 7) is 0.910. The zero-order chi connectivity index (χ0) is 13.5. The fraction of sp³-hybridized carbons (Fsp3) is 0.267. The first-order valence-corrected chi connectivity index (χ1v) is 7.12. The maximum atomic E-state index is 12.2. The molecular weight excluding hydrogens is 258 g/mol. The zero-order valence-electron chi connectivity index (χ0n) is 10.7. The van der Waals surface area contributed by atoms with Gasteiger partial charge in [-0.2, -0.15) is 0 Å². The number of benzene rings is 1. The largest absolute Gasteiger partial charge is 0.395 e. The second-order valence-electron chi connectivity index (χ2n) is 4.28. The lowest BCUT2D eigenvalue weighted by Gasteiger charge is -2.21. The number of hydrogen-bond donors (Lipinski definition) is 1. The Balaban J connectivity index is 2.00. The maximum Gasteiger partial charge on any atom is 0.228 e. The van der Waals surface area contributed by atoms with E-state index in [1.165, 1.54) is 0 Å². The lowest BCUT2D eigenvalue weighted by atomic mass is 10.2. The van der Waals surface area contributed by atoms with Crippen LogP contribution < -0.4 is 0 Å². The van der Waals surface area contributed by atoms with Crippen LogP contribution in [0.1, 0.15) is 10.4 Å². The Kier molecular flexibility index (Phi) is 5.12. The van der Waals surface area contributed by atoms with E-state index < -0.39 is 0 Å². The Bertz CT molecular complexity index is 496. The fourth-order valence-electron chi connectivity index (χ4n) is 1.89.